The van der Waals surface area contributed by atoms with Crippen LogP contribution in [0.4, 0.5) is 8.78 Å². The number of carbonyl (C=O) groups is 1. The summed E-state index contributed by atoms with van der Waals surface area (Å²) in [5.74, 6) is 1.51. The standard InChI is InChI=1S/C23H28F2N2O5/c1-26(12-15-5-6-18(29-2)21(9-15)32-23(24)25)14-22(28)27-8-7-16-10-19(30-3)20(31-4)11-17(16)13-27/h5-6,9-11,23H,7-8,12-14H2,1-4H3. The predicted molar refractivity (Wildman–Crippen MR) is 115 cm³/mol. The van der Waals surface area contributed by atoms with Gasteiger partial charge in [-0.1, -0.05) is 6.07 Å². The summed E-state index contributed by atoms with van der Waals surface area (Å²) in [5, 5.41) is 0. The Balaban J connectivity index is 1.63. The first-order valence-electron chi connectivity index (χ1n) is 10.2. The smallest absolute Gasteiger partial charge is 0.387 e. The first-order valence-corrected chi connectivity index (χ1v) is 10.2. The van der Waals surface area contributed by atoms with Crippen LogP contribution in [0.25, 0.3) is 0 Å². The second-order valence-electron chi connectivity index (χ2n) is 7.58. The SMILES string of the molecule is COc1cc2c(cc1OC)CN(C(=O)CN(C)Cc1ccc(OC)c(OC(F)F)c1)CC2. The van der Waals surface area contributed by atoms with Gasteiger partial charge in [-0.25, -0.2) is 0 Å². The van der Waals surface area contributed by atoms with Crippen LogP contribution in [0.2, 0.25) is 0 Å². The van der Waals surface area contributed by atoms with Gasteiger partial charge in [-0.3, -0.25) is 9.69 Å². The maximum atomic E-state index is 12.9. The fourth-order valence-electron chi connectivity index (χ4n) is 3.80. The molecule has 0 fully saturated rings. The van der Waals surface area contributed by atoms with E-state index in [4.69, 9.17) is 14.2 Å². The molecule has 0 saturated heterocycles. The van der Waals surface area contributed by atoms with E-state index in [0.717, 1.165) is 23.1 Å². The molecule has 1 amide bonds. The Kier molecular flexibility index (Phi) is 7.74. The van der Waals surface area contributed by atoms with Gasteiger partial charge in [-0.15, -0.1) is 0 Å². The fourth-order valence-corrected chi connectivity index (χ4v) is 3.80. The van der Waals surface area contributed by atoms with Gasteiger partial charge in [0.2, 0.25) is 5.91 Å². The lowest BCUT2D eigenvalue weighted by molar-refractivity contribution is -0.133. The highest BCUT2D eigenvalue weighted by Crippen LogP contribution is 2.33. The number of carbonyl (C=O) groups excluding carboxylic acids is 1. The van der Waals surface area contributed by atoms with Crippen molar-refractivity contribution in [3.8, 4) is 23.0 Å². The van der Waals surface area contributed by atoms with Crippen molar-refractivity contribution >= 4 is 5.91 Å². The minimum Gasteiger partial charge on any atom is -0.493 e. The van der Waals surface area contributed by atoms with E-state index >= 15 is 0 Å². The Hall–Kier alpha value is -3.07. The number of fused-ring (bicyclic) bond motifs is 1. The average molecular weight is 450 g/mol. The quantitative estimate of drug-likeness (QED) is 0.584. The molecular weight excluding hydrogens is 422 g/mol. The summed E-state index contributed by atoms with van der Waals surface area (Å²) in [6, 6.07) is 8.72. The number of rotatable bonds is 9. The normalized spacial score (nSPS) is 13.2. The number of nitrogens with zero attached hydrogens (tertiary/aromatic N) is 2. The van der Waals surface area contributed by atoms with Gasteiger partial charge in [-0.2, -0.15) is 8.78 Å². The van der Waals surface area contributed by atoms with Crippen LogP contribution < -0.4 is 18.9 Å². The van der Waals surface area contributed by atoms with Gasteiger partial charge in [0, 0.05) is 19.6 Å². The van der Waals surface area contributed by atoms with Crippen molar-refractivity contribution in [2.75, 3.05) is 41.5 Å². The molecule has 0 N–H and O–H groups in total. The lowest BCUT2D eigenvalue weighted by Gasteiger charge is -2.31. The molecule has 0 aliphatic carbocycles. The summed E-state index contributed by atoms with van der Waals surface area (Å²) in [4.78, 5) is 16.5. The summed E-state index contributed by atoms with van der Waals surface area (Å²) in [6.45, 7) is -1.25. The second-order valence-corrected chi connectivity index (χ2v) is 7.58. The van der Waals surface area contributed by atoms with Crippen LogP contribution in [0.15, 0.2) is 30.3 Å². The number of benzene rings is 2. The maximum absolute atomic E-state index is 12.9. The van der Waals surface area contributed by atoms with Crippen molar-refractivity contribution in [1.82, 2.24) is 9.80 Å². The molecule has 9 heteroatoms. The number of likely N-dealkylation sites (N-methyl/N-ethyl adjacent to an activating group) is 1. The van der Waals surface area contributed by atoms with Gasteiger partial charge >= 0.3 is 6.61 Å². The summed E-state index contributed by atoms with van der Waals surface area (Å²) < 4.78 is 45.6. The molecule has 2 aromatic rings. The number of halogens is 2. The predicted octanol–water partition coefficient (Wildman–Crippen LogP) is 3.33. The van der Waals surface area contributed by atoms with E-state index in [1.807, 2.05) is 29.0 Å². The minimum absolute atomic E-state index is 0.00880. The van der Waals surface area contributed by atoms with E-state index < -0.39 is 6.61 Å². The zero-order chi connectivity index (χ0) is 23.3. The molecule has 1 aliphatic heterocycles. The highest BCUT2D eigenvalue weighted by atomic mass is 19.3. The molecule has 2 aromatic carbocycles. The third-order valence-electron chi connectivity index (χ3n) is 5.37. The van der Waals surface area contributed by atoms with Crippen molar-refractivity contribution in [3.05, 3.63) is 47.0 Å². The Morgan fingerprint density at radius 1 is 1.00 bits per heavy atom. The summed E-state index contributed by atoms with van der Waals surface area (Å²) >= 11 is 0. The molecular formula is C23H28F2N2O5. The third kappa shape index (κ3) is 5.59. The van der Waals surface area contributed by atoms with Gasteiger partial charge in [0.1, 0.15) is 0 Å². The van der Waals surface area contributed by atoms with Gasteiger partial charge in [0.15, 0.2) is 23.0 Å². The number of hydrogen-bond acceptors (Lipinski definition) is 6. The highest BCUT2D eigenvalue weighted by Gasteiger charge is 2.23. The summed E-state index contributed by atoms with van der Waals surface area (Å²) in [7, 11) is 6.38. The monoisotopic (exact) mass is 450 g/mol. The van der Waals surface area contributed by atoms with E-state index in [-0.39, 0.29) is 24.0 Å². The number of hydrogen-bond donors (Lipinski definition) is 0. The van der Waals surface area contributed by atoms with Crippen LogP contribution in [0, 0.1) is 0 Å². The topological polar surface area (TPSA) is 60.5 Å². The molecule has 0 bridgehead atoms. The minimum atomic E-state index is -2.95. The van der Waals surface area contributed by atoms with E-state index in [0.29, 0.717) is 31.1 Å². The maximum Gasteiger partial charge on any atom is 0.387 e. The van der Waals surface area contributed by atoms with Crippen LogP contribution in [-0.4, -0.2) is 63.8 Å². The molecule has 0 atom stereocenters. The van der Waals surface area contributed by atoms with Gasteiger partial charge in [0.05, 0.1) is 27.9 Å². The van der Waals surface area contributed by atoms with Crippen LogP contribution in [-0.2, 0) is 24.3 Å². The lowest BCUT2D eigenvalue weighted by atomic mass is 9.98. The van der Waals surface area contributed by atoms with Crippen molar-refractivity contribution in [2.24, 2.45) is 0 Å². The summed E-state index contributed by atoms with van der Waals surface area (Å²) in [5.41, 5.74) is 2.91. The van der Waals surface area contributed by atoms with Gasteiger partial charge < -0.3 is 23.8 Å². The van der Waals surface area contributed by atoms with E-state index in [2.05, 4.69) is 4.74 Å². The molecule has 0 saturated carbocycles. The molecule has 7 nitrogen and oxygen atoms in total. The molecule has 1 aliphatic rings. The third-order valence-corrected chi connectivity index (χ3v) is 5.37. The molecule has 0 aromatic heterocycles. The van der Waals surface area contributed by atoms with Crippen LogP contribution in [0.3, 0.4) is 0 Å². The lowest BCUT2D eigenvalue weighted by Crippen LogP contribution is -2.41. The Morgan fingerprint density at radius 2 is 1.66 bits per heavy atom. The fraction of sp³-hybridized carbons (Fsp3) is 0.435. The van der Waals surface area contributed by atoms with E-state index in [1.54, 1.807) is 26.4 Å². The van der Waals surface area contributed by atoms with Crippen LogP contribution in [0.5, 0.6) is 23.0 Å². The Morgan fingerprint density at radius 3 is 2.28 bits per heavy atom. The number of alkyl halides is 2. The van der Waals surface area contributed by atoms with Gasteiger partial charge in [0.25, 0.3) is 0 Å². The molecule has 0 spiro atoms. The molecule has 0 unspecified atom stereocenters. The Labute approximate surface area is 186 Å². The second kappa shape index (κ2) is 10.5. The highest BCUT2D eigenvalue weighted by molar-refractivity contribution is 5.78. The zero-order valence-corrected chi connectivity index (χ0v) is 18.7. The largest absolute Gasteiger partial charge is 0.493 e. The van der Waals surface area contributed by atoms with Crippen molar-refractivity contribution in [3.63, 3.8) is 0 Å². The average Bonchev–Trinajstić information content (AvgIpc) is 2.77. The van der Waals surface area contributed by atoms with E-state index in [1.165, 1.54) is 13.2 Å². The molecule has 0 radical (unpaired) electrons. The number of ether oxygens (including phenoxy) is 4. The Bertz CT molecular complexity index is 954. The first kappa shape index (κ1) is 23.6. The summed E-state index contributed by atoms with van der Waals surface area (Å²) in [6.07, 6.45) is 0.734. The molecule has 32 heavy (non-hydrogen) atoms. The van der Waals surface area contributed by atoms with Crippen molar-refractivity contribution in [1.29, 1.82) is 0 Å². The van der Waals surface area contributed by atoms with E-state index in [9.17, 15) is 13.6 Å². The zero-order valence-electron chi connectivity index (χ0n) is 18.7. The van der Waals surface area contributed by atoms with Crippen LogP contribution in [0.1, 0.15) is 16.7 Å². The number of methoxy groups -OCH3 is 3. The number of amides is 1. The van der Waals surface area contributed by atoms with Gasteiger partial charge in [-0.05, 0) is 54.4 Å². The first-order chi connectivity index (χ1) is 15.3. The van der Waals surface area contributed by atoms with Crippen molar-refractivity contribution in [2.45, 2.75) is 26.1 Å². The van der Waals surface area contributed by atoms with Crippen LogP contribution >= 0.6 is 0 Å². The molecule has 3 rings (SSSR count). The molecule has 174 valence electrons. The molecule has 1 heterocycles. The van der Waals surface area contributed by atoms with Crippen molar-refractivity contribution < 1.29 is 32.5 Å².